The molecule has 90 valence electrons. The molecule has 0 aliphatic rings. The van der Waals surface area contributed by atoms with Crippen LogP contribution in [0.2, 0.25) is 0 Å². The molecule has 0 unspecified atom stereocenters. The Labute approximate surface area is 97.0 Å². The number of rotatable bonds is 8. The molecule has 0 atom stereocenters. The Morgan fingerprint density at radius 2 is 2.06 bits per heavy atom. The SMILES string of the molecule is CCCOCCOCc1ccnc(NC)c1. The Hall–Kier alpha value is -1.13. The molecule has 1 rings (SSSR count). The molecule has 1 heterocycles. The zero-order chi connectivity index (χ0) is 11.6. The lowest BCUT2D eigenvalue weighted by molar-refractivity contribution is 0.0408. The van der Waals surface area contributed by atoms with Crippen molar-refractivity contribution in [3.63, 3.8) is 0 Å². The van der Waals surface area contributed by atoms with Crippen LogP contribution in [0.4, 0.5) is 5.82 Å². The molecule has 1 aromatic heterocycles. The molecule has 0 amide bonds. The van der Waals surface area contributed by atoms with E-state index >= 15 is 0 Å². The minimum absolute atomic E-state index is 0.604. The number of hydrogen-bond donors (Lipinski definition) is 1. The van der Waals surface area contributed by atoms with Crippen molar-refractivity contribution in [2.45, 2.75) is 20.0 Å². The van der Waals surface area contributed by atoms with Gasteiger partial charge in [0.25, 0.3) is 0 Å². The van der Waals surface area contributed by atoms with E-state index in [1.165, 1.54) is 0 Å². The molecule has 0 aliphatic heterocycles. The van der Waals surface area contributed by atoms with Crippen LogP contribution in [-0.4, -0.2) is 31.9 Å². The zero-order valence-electron chi connectivity index (χ0n) is 10.0. The number of ether oxygens (including phenoxy) is 2. The summed E-state index contributed by atoms with van der Waals surface area (Å²) in [6, 6.07) is 3.93. The van der Waals surface area contributed by atoms with Crippen molar-refractivity contribution >= 4 is 5.82 Å². The Morgan fingerprint density at radius 3 is 2.81 bits per heavy atom. The molecular weight excluding hydrogens is 204 g/mol. The van der Waals surface area contributed by atoms with Crippen LogP contribution in [0, 0.1) is 0 Å². The van der Waals surface area contributed by atoms with Gasteiger partial charge >= 0.3 is 0 Å². The van der Waals surface area contributed by atoms with E-state index in [1.54, 1.807) is 6.20 Å². The highest BCUT2D eigenvalue weighted by Crippen LogP contribution is 2.06. The van der Waals surface area contributed by atoms with Crippen molar-refractivity contribution in [1.29, 1.82) is 0 Å². The van der Waals surface area contributed by atoms with Gasteiger partial charge in [-0.1, -0.05) is 6.92 Å². The Bertz CT molecular complexity index is 292. The van der Waals surface area contributed by atoms with E-state index in [4.69, 9.17) is 9.47 Å². The van der Waals surface area contributed by atoms with Crippen molar-refractivity contribution in [2.24, 2.45) is 0 Å². The maximum atomic E-state index is 5.49. The maximum Gasteiger partial charge on any atom is 0.125 e. The van der Waals surface area contributed by atoms with E-state index in [9.17, 15) is 0 Å². The molecule has 4 heteroatoms. The summed E-state index contributed by atoms with van der Waals surface area (Å²) in [5.41, 5.74) is 1.12. The van der Waals surface area contributed by atoms with E-state index in [-0.39, 0.29) is 0 Å². The van der Waals surface area contributed by atoms with Gasteiger partial charge in [-0.05, 0) is 24.1 Å². The third kappa shape index (κ3) is 5.09. The lowest BCUT2D eigenvalue weighted by atomic mass is 10.3. The summed E-state index contributed by atoms with van der Waals surface area (Å²) in [6.07, 6.45) is 2.83. The first-order chi connectivity index (χ1) is 7.86. The van der Waals surface area contributed by atoms with E-state index in [0.717, 1.165) is 24.4 Å². The number of anilines is 1. The predicted octanol–water partition coefficient (Wildman–Crippen LogP) is 2.07. The van der Waals surface area contributed by atoms with Crippen LogP contribution in [0.5, 0.6) is 0 Å². The molecule has 0 aliphatic carbocycles. The quantitative estimate of drug-likeness (QED) is 0.686. The zero-order valence-corrected chi connectivity index (χ0v) is 10.0. The summed E-state index contributed by atoms with van der Waals surface area (Å²) in [7, 11) is 1.85. The highest BCUT2D eigenvalue weighted by Gasteiger charge is 1.96. The fourth-order valence-electron chi connectivity index (χ4n) is 1.26. The van der Waals surface area contributed by atoms with Gasteiger partial charge in [0.2, 0.25) is 0 Å². The Balaban J connectivity index is 2.16. The van der Waals surface area contributed by atoms with Gasteiger partial charge in [-0.3, -0.25) is 0 Å². The number of nitrogens with one attached hydrogen (secondary N) is 1. The first kappa shape index (κ1) is 12.9. The molecule has 0 spiro atoms. The van der Waals surface area contributed by atoms with Crippen LogP contribution in [0.15, 0.2) is 18.3 Å². The molecule has 0 aromatic carbocycles. The van der Waals surface area contributed by atoms with E-state index < -0.39 is 0 Å². The molecule has 16 heavy (non-hydrogen) atoms. The van der Waals surface area contributed by atoms with Gasteiger partial charge in [-0.25, -0.2) is 4.98 Å². The second-order valence-corrected chi connectivity index (χ2v) is 3.46. The minimum Gasteiger partial charge on any atom is -0.379 e. The largest absolute Gasteiger partial charge is 0.379 e. The van der Waals surface area contributed by atoms with Crippen LogP contribution in [-0.2, 0) is 16.1 Å². The Kier molecular flexibility index (Phi) is 6.53. The van der Waals surface area contributed by atoms with Crippen LogP contribution in [0.3, 0.4) is 0 Å². The molecule has 4 nitrogen and oxygen atoms in total. The van der Waals surface area contributed by atoms with Crippen molar-refractivity contribution < 1.29 is 9.47 Å². The molecule has 0 saturated carbocycles. The first-order valence-electron chi connectivity index (χ1n) is 5.65. The summed E-state index contributed by atoms with van der Waals surface area (Å²) in [6.45, 7) is 4.81. The standard InChI is InChI=1S/C12H20N2O2/c1-3-6-15-7-8-16-10-11-4-5-14-12(9-11)13-2/h4-5,9H,3,6-8,10H2,1-2H3,(H,13,14). The number of pyridine rings is 1. The van der Waals surface area contributed by atoms with Gasteiger partial charge in [0, 0.05) is 19.9 Å². The number of hydrogen-bond acceptors (Lipinski definition) is 4. The molecule has 0 bridgehead atoms. The molecule has 1 aromatic rings. The fraction of sp³-hybridized carbons (Fsp3) is 0.583. The first-order valence-corrected chi connectivity index (χ1v) is 5.65. The average molecular weight is 224 g/mol. The predicted molar refractivity (Wildman–Crippen MR) is 64.5 cm³/mol. The van der Waals surface area contributed by atoms with Crippen molar-refractivity contribution in [2.75, 3.05) is 32.2 Å². The number of nitrogens with zero attached hydrogens (tertiary/aromatic N) is 1. The average Bonchev–Trinajstić information content (AvgIpc) is 2.34. The van der Waals surface area contributed by atoms with Crippen LogP contribution < -0.4 is 5.32 Å². The topological polar surface area (TPSA) is 43.4 Å². The van der Waals surface area contributed by atoms with Crippen molar-refractivity contribution in [3.8, 4) is 0 Å². The second kappa shape index (κ2) is 8.07. The molecule has 0 radical (unpaired) electrons. The third-order valence-corrected chi connectivity index (χ3v) is 2.07. The van der Waals surface area contributed by atoms with Gasteiger partial charge in [0.15, 0.2) is 0 Å². The smallest absolute Gasteiger partial charge is 0.125 e. The van der Waals surface area contributed by atoms with Gasteiger partial charge in [0.1, 0.15) is 5.82 Å². The third-order valence-electron chi connectivity index (χ3n) is 2.07. The van der Waals surface area contributed by atoms with Crippen LogP contribution in [0.25, 0.3) is 0 Å². The van der Waals surface area contributed by atoms with Gasteiger partial charge in [0.05, 0.1) is 19.8 Å². The van der Waals surface area contributed by atoms with Crippen LogP contribution in [0.1, 0.15) is 18.9 Å². The lowest BCUT2D eigenvalue weighted by Crippen LogP contribution is -2.05. The molecular formula is C12H20N2O2. The van der Waals surface area contributed by atoms with E-state index in [0.29, 0.717) is 19.8 Å². The normalized spacial score (nSPS) is 10.4. The van der Waals surface area contributed by atoms with E-state index in [2.05, 4.69) is 17.2 Å². The number of aromatic nitrogens is 1. The van der Waals surface area contributed by atoms with Gasteiger partial charge < -0.3 is 14.8 Å². The summed E-state index contributed by atoms with van der Waals surface area (Å²) in [4.78, 5) is 4.14. The minimum atomic E-state index is 0.604. The van der Waals surface area contributed by atoms with E-state index in [1.807, 2.05) is 19.2 Å². The Morgan fingerprint density at radius 1 is 1.25 bits per heavy atom. The monoisotopic (exact) mass is 224 g/mol. The second-order valence-electron chi connectivity index (χ2n) is 3.46. The highest BCUT2D eigenvalue weighted by atomic mass is 16.5. The molecule has 1 N–H and O–H groups in total. The molecule has 0 saturated heterocycles. The summed E-state index contributed by atoms with van der Waals surface area (Å²) in [5, 5.41) is 2.99. The fourth-order valence-corrected chi connectivity index (χ4v) is 1.26. The lowest BCUT2D eigenvalue weighted by Gasteiger charge is -2.06. The van der Waals surface area contributed by atoms with Crippen LogP contribution >= 0.6 is 0 Å². The summed E-state index contributed by atoms with van der Waals surface area (Å²) >= 11 is 0. The maximum absolute atomic E-state index is 5.49. The summed E-state index contributed by atoms with van der Waals surface area (Å²) < 4.78 is 10.8. The van der Waals surface area contributed by atoms with Crippen molar-refractivity contribution in [3.05, 3.63) is 23.9 Å². The van der Waals surface area contributed by atoms with Gasteiger partial charge in [-0.15, -0.1) is 0 Å². The van der Waals surface area contributed by atoms with Gasteiger partial charge in [-0.2, -0.15) is 0 Å². The highest BCUT2D eigenvalue weighted by molar-refractivity contribution is 5.36. The molecule has 0 fully saturated rings. The van der Waals surface area contributed by atoms with Crippen molar-refractivity contribution in [1.82, 2.24) is 4.98 Å². The summed E-state index contributed by atoms with van der Waals surface area (Å²) in [5.74, 6) is 0.864.